The summed E-state index contributed by atoms with van der Waals surface area (Å²) < 4.78 is 24.0. The summed E-state index contributed by atoms with van der Waals surface area (Å²) in [6.45, 7) is 5.60. The summed E-state index contributed by atoms with van der Waals surface area (Å²) in [5.74, 6) is 1.79. The van der Waals surface area contributed by atoms with E-state index < -0.39 is 0 Å². The van der Waals surface area contributed by atoms with Crippen LogP contribution in [0, 0.1) is 5.82 Å². The number of piperazine rings is 1. The minimum Gasteiger partial charge on any atom is -0.497 e. The summed E-state index contributed by atoms with van der Waals surface area (Å²) in [7, 11) is 1.68. The Kier molecular flexibility index (Phi) is 5.76. The molecule has 2 heterocycles. The topological polar surface area (TPSA) is 54.6 Å². The van der Waals surface area contributed by atoms with Crippen LogP contribution in [0.15, 0.2) is 53.1 Å². The lowest BCUT2D eigenvalue weighted by molar-refractivity contribution is 0.159. The molecule has 0 bridgehead atoms. The highest BCUT2D eigenvalue weighted by molar-refractivity contribution is 5.49. The lowest BCUT2D eigenvalue weighted by atomic mass is 10.1. The number of methoxy groups -OCH3 is 1. The maximum atomic E-state index is 13.3. The quantitative estimate of drug-likeness (QED) is 0.636. The Bertz CT molecular complexity index is 944. The van der Waals surface area contributed by atoms with Crippen molar-refractivity contribution in [1.29, 1.82) is 0 Å². The van der Waals surface area contributed by atoms with E-state index in [9.17, 15) is 4.39 Å². The van der Waals surface area contributed by atoms with E-state index in [0.29, 0.717) is 30.7 Å². The van der Waals surface area contributed by atoms with Gasteiger partial charge in [0.15, 0.2) is 5.82 Å². The van der Waals surface area contributed by atoms with Crippen LogP contribution in [0.3, 0.4) is 0 Å². The third-order valence-corrected chi connectivity index (χ3v) is 5.30. The molecule has 0 N–H and O–H groups in total. The van der Waals surface area contributed by atoms with E-state index in [1.54, 1.807) is 13.2 Å². The van der Waals surface area contributed by atoms with Gasteiger partial charge in [-0.2, -0.15) is 4.98 Å². The van der Waals surface area contributed by atoms with Gasteiger partial charge in [0.05, 0.1) is 13.7 Å². The molecule has 1 aliphatic rings. The lowest BCUT2D eigenvalue weighted by Gasteiger charge is -2.40. The Morgan fingerprint density at radius 3 is 2.72 bits per heavy atom. The Morgan fingerprint density at radius 1 is 1.17 bits per heavy atom. The molecule has 0 amide bonds. The molecule has 1 saturated heterocycles. The van der Waals surface area contributed by atoms with Crippen LogP contribution in [-0.4, -0.2) is 47.8 Å². The maximum absolute atomic E-state index is 13.3. The van der Waals surface area contributed by atoms with Gasteiger partial charge in [-0.1, -0.05) is 17.3 Å². The first-order valence-corrected chi connectivity index (χ1v) is 9.79. The summed E-state index contributed by atoms with van der Waals surface area (Å²) in [5.41, 5.74) is 2.03. The van der Waals surface area contributed by atoms with Gasteiger partial charge in [-0.25, -0.2) is 4.39 Å². The minimum atomic E-state index is -0.255. The molecule has 6 nitrogen and oxygen atoms in total. The maximum Gasteiger partial charge on any atom is 0.240 e. The summed E-state index contributed by atoms with van der Waals surface area (Å²) in [6.07, 6.45) is 0.460. The zero-order valence-corrected chi connectivity index (χ0v) is 16.7. The summed E-state index contributed by atoms with van der Waals surface area (Å²) in [6, 6.07) is 15.0. The third-order valence-electron chi connectivity index (χ3n) is 5.30. The lowest BCUT2D eigenvalue weighted by Crippen LogP contribution is -2.51. The molecule has 1 fully saturated rings. The van der Waals surface area contributed by atoms with Crippen LogP contribution in [0.4, 0.5) is 10.1 Å². The summed E-state index contributed by atoms with van der Waals surface area (Å²) in [5, 5.41) is 4.05. The molecule has 2 aromatic carbocycles. The van der Waals surface area contributed by atoms with Crippen molar-refractivity contribution >= 4 is 5.69 Å². The zero-order chi connectivity index (χ0) is 20.2. The van der Waals surface area contributed by atoms with Gasteiger partial charge in [-0.05, 0) is 48.9 Å². The number of hydrogen-bond acceptors (Lipinski definition) is 6. The third kappa shape index (κ3) is 4.74. The smallest absolute Gasteiger partial charge is 0.240 e. The van der Waals surface area contributed by atoms with E-state index in [-0.39, 0.29) is 5.82 Å². The van der Waals surface area contributed by atoms with Gasteiger partial charge in [-0.15, -0.1) is 0 Å². The minimum absolute atomic E-state index is 0.255. The second kappa shape index (κ2) is 8.61. The van der Waals surface area contributed by atoms with Crippen molar-refractivity contribution in [3.8, 4) is 5.75 Å². The monoisotopic (exact) mass is 396 g/mol. The molecule has 3 aromatic rings. The van der Waals surface area contributed by atoms with Gasteiger partial charge in [0.1, 0.15) is 11.6 Å². The molecule has 29 heavy (non-hydrogen) atoms. The van der Waals surface area contributed by atoms with E-state index in [1.807, 2.05) is 18.2 Å². The van der Waals surface area contributed by atoms with Crippen molar-refractivity contribution in [3.05, 3.63) is 71.6 Å². The normalized spacial score (nSPS) is 17.5. The predicted octanol–water partition coefficient (Wildman–Crippen LogP) is 3.52. The molecule has 7 heteroatoms. The number of ether oxygens (including phenoxy) is 1. The van der Waals surface area contributed by atoms with Crippen LogP contribution in [0.2, 0.25) is 0 Å². The fourth-order valence-electron chi connectivity index (χ4n) is 3.69. The average Bonchev–Trinajstić information content (AvgIpc) is 3.16. The molecule has 0 unspecified atom stereocenters. The van der Waals surface area contributed by atoms with Crippen LogP contribution in [-0.2, 0) is 13.0 Å². The van der Waals surface area contributed by atoms with Gasteiger partial charge in [0.2, 0.25) is 5.89 Å². The molecule has 0 saturated carbocycles. The first kappa shape index (κ1) is 19.4. The summed E-state index contributed by atoms with van der Waals surface area (Å²) in [4.78, 5) is 9.22. The van der Waals surface area contributed by atoms with E-state index in [2.05, 4.69) is 39.0 Å². The van der Waals surface area contributed by atoms with Crippen molar-refractivity contribution in [2.45, 2.75) is 25.9 Å². The predicted molar refractivity (Wildman–Crippen MR) is 109 cm³/mol. The molecule has 1 aromatic heterocycles. The molecule has 1 atom stereocenters. The number of halogens is 1. The largest absolute Gasteiger partial charge is 0.497 e. The molecule has 4 rings (SSSR count). The second-order valence-electron chi connectivity index (χ2n) is 7.37. The van der Waals surface area contributed by atoms with Gasteiger partial charge in [-0.3, -0.25) is 4.90 Å². The van der Waals surface area contributed by atoms with E-state index >= 15 is 0 Å². The van der Waals surface area contributed by atoms with E-state index in [0.717, 1.165) is 30.9 Å². The molecular weight excluding hydrogens is 371 g/mol. The van der Waals surface area contributed by atoms with Crippen LogP contribution in [0.5, 0.6) is 5.75 Å². The zero-order valence-electron chi connectivity index (χ0n) is 16.7. The number of hydrogen-bond donors (Lipinski definition) is 0. The van der Waals surface area contributed by atoms with Gasteiger partial charge in [0, 0.05) is 37.8 Å². The average molecular weight is 396 g/mol. The first-order chi connectivity index (χ1) is 14.1. The highest BCUT2D eigenvalue weighted by Crippen LogP contribution is 2.23. The van der Waals surface area contributed by atoms with Crippen LogP contribution in [0.1, 0.15) is 24.2 Å². The molecule has 0 spiro atoms. The number of rotatable bonds is 6. The fraction of sp³-hybridized carbons (Fsp3) is 0.364. The van der Waals surface area contributed by atoms with Gasteiger partial charge >= 0.3 is 0 Å². The summed E-state index contributed by atoms with van der Waals surface area (Å²) >= 11 is 0. The number of benzene rings is 2. The van der Waals surface area contributed by atoms with Crippen molar-refractivity contribution in [1.82, 2.24) is 15.0 Å². The molecule has 1 aliphatic heterocycles. The van der Waals surface area contributed by atoms with Crippen molar-refractivity contribution in [2.75, 3.05) is 31.6 Å². The van der Waals surface area contributed by atoms with Crippen molar-refractivity contribution < 1.29 is 13.7 Å². The van der Waals surface area contributed by atoms with E-state index in [1.165, 1.54) is 17.8 Å². The highest BCUT2D eigenvalue weighted by atomic mass is 19.1. The van der Waals surface area contributed by atoms with Crippen LogP contribution >= 0.6 is 0 Å². The number of aromatic nitrogens is 2. The van der Waals surface area contributed by atoms with Gasteiger partial charge < -0.3 is 14.2 Å². The Hall–Kier alpha value is -2.93. The van der Waals surface area contributed by atoms with E-state index in [4.69, 9.17) is 9.26 Å². The second-order valence-corrected chi connectivity index (χ2v) is 7.37. The highest BCUT2D eigenvalue weighted by Gasteiger charge is 2.25. The number of nitrogens with zero attached hydrogens (tertiary/aromatic N) is 4. The Balaban J connectivity index is 1.34. The first-order valence-electron chi connectivity index (χ1n) is 9.79. The Morgan fingerprint density at radius 2 is 2.00 bits per heavy atom. The SMILES string of the molecule is COc1ccc(N2CCN(Cc3nc(Cc4cccc(F)c4)no3)[C@H](C)C2)cc1. The molecule has 0 radical (unpaired) electrons. The van der Waals surface area contributed by atoms with Gasteiger partial charge in [0.25, 0.3) is 0 Å². The standard InChI is InChI=1S/C22H25FN4O2/c1-16-14-27(19-6-8-20(28-2)9-7-19)11-10-26(16)15-22-24-21(25-29-22)13-17-4-3-5-18(23)12-17/h3-9,12,16H,10-11,13-15H2,1-2H3/t16-/m1/s1. The van der Waals surface area contributed by atoms with Crippen LogP contribution < -0.4 is 9.64 Å². The number of anilines is 1. The molecular formula is C22H25FN4O2. The van der Waals surface area contributed by atoms with Crippen LogP contribution in [0.25, 0.3) is 0 Å². The molecule has 152 valence electrons. The van der Waals surface area contributed by atoms with Crippen molar-refractivity contribution in [2.24, 2.45) is 0 Å². The Labute approximate surface area is 169 Å². The van der Waals surface area contributed by atoms with Crippen molar-refractivity contribution in [3.63, 3.8) is 0 Å². The fourth-order valence-corrected chi connectivity index (χ4v) is 3.69. The molecule has 0 aliphatic carbocycles.